The average molecular weight is 793 g/mol. The van der Waals surface area contributed by atoms with Crippen LogP contribution in [0.15, 0.2) is 208 Å². The van der Waals surface area contributed by atoms with Gasteiger partial charge in [0, 0.05) is 58.8 Å². The van der Waals surface area contributed by atoms with Crippen LogP contribution in [0.3, 0.4) is 0 Å². The van der Waals surface area contributed by atoms with Gasteiger partial charge in [0.05, 0.1) is 56.3 Å². The molecule has 0 unspecified atom stereocenters. The molecule has 0 N–H and O–H groups in total. The minimum Gasteiger partial charge on any atom is -0.455 e. The molecule has 3 aromatic heterocycles. The Balaban J connectivity index is 1.26. The number of para-hydroxylation sites is 4. The van der Waals surface area contributed by atoms with Crippen molar-refractivity contribution >= 4 is 92.4 Å². The van der Waals surface area contributed by atoms with Crippen molar-refractivity contribution in [1.82, 2.24) is 0 Å². The van der Waals surface area contributed by atoms with Crippen LogP contribution in [0, 0.1) is 0 Å². The lowest BCUT2D eigenvalue weighted by Gasteiger charge is -2.27. The summed E-state index contributed by atoms with van der Waals surface area (Å²) in [5.41, 5.74) is -11.2. The number of hydrogen-bond donors (Lipinski definition) is 0. The lowest BCUT2D eigenvalue weighted by Crippen LogP contribution is -2.10. The molecule has 9 aromatic carbocycles. The Hall–Kier alpha value is -7.40. The van der Waals surface area contributed by atoms with Gasteiger partial charge in [0.1, 0.15) is 22.3 Å². The van der Waals surface area contributed by atoms with E-state index in [1.165, 1.54) is 0 Å². The van der Waals surface area contributed by atoms with Crippen molar-refractivity contribution in [3.63, 3.8) is 0 Å². The summed E-state index contributed by atoms with van der Waals surface area (Å²) in [7, 11) is 0. The minimum absolute atomic E-state index is 0.178. The first-order valence-electron chi connectivity index (χ1n) is 33.4. The summed E-state index contributed by atoms with van der Waals surface area (Å²) >= 11 is 0.585. The number of thiophene rings is 1. The van der Waals surface area contributed by atoms with Gasteiger partial charge >= 0.3 is 0 Å². The van der Waals surface area contributed by atoms with Crippen molar-refractivity contribution in [2.45, 2.75) is 0 Å². The normalized spacial score (nSPS) is 19.8. The first kappa shape index (κ1) is 13.9. The van der Waals surface area contributed by atoms with Gasteiger partial charge in [-0.2, -0.15) is 0 Å². The highest BCUT2D eigenvalue weighted by atomic mass is 32.1. The van der Waals surface area contributed by atoms with Crippen molar-refractivity contribution in [2.75, 3.05) is 4.90 Å². The zero-order chi connectivity index (χ0) is 66.9. The summed E-state index contributed by atoms with van der Waals surface area (Å²) in [6.45, 7) is 0. The van der Waals surface area contributed by atoms with E-state index in [-0.39, 0.29) is 20.2 Å². The quantitative estimate of drug-likeness (QED) is 0.168. The molecule has 0 saturated heterocycles. The SMILES string of the molecule is [2H]c1c([2H])c([2H])c(N(c2c([2H])c([2H])c(-c3c([2H])c([2H])c([2H])c4c3oc3c([2H])c([2H])c([2H])c([2H])c34)c([2H])c2[2H])c2c([2H])c([2H])c(-c3c([2H])c([2H])c([2H])c(-c4c([2H])c([2H])c([2H])c5c4sc4c([2H])c([2H])c([2H])c([2H])c45)c3[2H])c3oc4c([2H])c([2H])c([2H])c([2H])c4c23)c([2H])c1[2H]. The second-order valence-corrected chi connectivity index (χ2v) is 13.3. The number of furan rings is 2. The van der Waals surface area contributed by atoms with Crippen LogP contribution in [-0.4, -0.2) is 0 Å². The Bertz CT molecular complexity index is 5420. The first-order chi connectivity index (χ1) is 42.5. The van der Waals surface area contributed by atoms with Crippen LogP contribution in [0.4, 0.5) is 17.1 Å². The molecule has 0 fully saturated rings. The summed E-state index contributed by atoms with van der Waals surface area (Å²) in [6.07, 6.45) is 0. The molecule has 0 saturated carbocycles. The van der Waals surface area contributed by atoms with E-state index in [4.69, 9.17) is 34.9 Å². The smallest absolute Gasteiger partial charge is 0.145 e. The van der Waals surface area contributed by atoms with E-state index < -0.39 is 294 Å². The molecule has 3 nitrogen and oxygen atoms in total. The molecule has 0 spiro atoms. The average Bonchev–Trinajstić information content (AvgIpc) is 1.67. The lowest BCUT2D eigenvalue weighted by molar-refractivity contribution is 0.669. The minimum atomic E-state index is -1.29. The highest BCUT2D eigenvalue weighted by Crippen LogP contribution is 2.47. The van der Waals surface area contributed by atoms with Crippen molar-refractivity contribution in [2.24, 2.45) is 0 Å². The van der Waals surface area contributed by atoms with Gasteiger partial charge in [-0.25, -0.2) is 0 Å². The van der Waals surface area contributed by atoms with E-state index in [0.29, 0.717) is 16.2 Å². The summed E-state index contributed by atoms with van der Waals surface area (Å²) in [5.74, 6) is 0. The standard InChI is InChI=1S/C54H33NO2S/c1-2-15-37(16-3-1)55(38-29-27-34(28-30-38)39-20-11-22-44-42-17-4-7-24-48(42)56-52(39)44)47-32-31-40(53-51(47)46-19-5-8-25-49(46)57-53)35-13-10-14-36(33-35)41-21-12-23-45-43-18-6-9-26-50(43)58-54(41)45/h1-33H/i1D,2D,3D,4D,5D,6D,7D,8D,9D,10D,11D,12D,13D,14D,15D,16D,17D,18D,19D,20D,21D,22D,23D,24D,25D,26D,27D,28D,29D,30D,31D,32D,33D. The largest absolute Gasteiger partial charge is 0.455 e. The Labute approximate surface area is 384 Å². The number of rotatable bonds is 6. The number of benzene rings is 9. The maximum absolute atomic E-state index is 10.1. The number of hydrogen-bond acceptors (Lipinski definition) is 4. The Morgan fingerprint density at radius 2 is 0.983 bits per heavy atom. The molecule has 58 heavy (non-hydrogen) atoms. The second kappa shape index (κ2) is 13.1. The van der Waals surface area contributed by atoms with E-state index in [0.717, 1.165) is 0 Å². The molecule has 0 bridgehead atoms. The number of nitrogens with zero attached hydrogens (tertiary/aromatic N) is 1. The summed E-state index contributed by atoms with van der Waals surface area (Å²) in [4.78, 5) is 0.394. The molecular weight excluding hydrogens is 727 g/mol. The maximum atomic E-state index is 10.1. The highest BCUT2D eigenvalue weighted by Gasteiger charge is 2.23. The monoisotopic (exact) mass is 792 g/mol. The van der Waals surface area contributed by atoms with Crippen LogP contribution in [0.25, 0.3) is 97.4 Å². The predicted molar refractivity (Wildman–Crippen MR) is 245 cm³/mol. The van der Waals surface area contributed by atoms with Crippen LogP contribution in [0.5, 0.6) is 0 Å². The molecule has 0 aliphatic carbocycles. The van der Waals surface area contributed by atoms with Gasteiger partial charge in [-0.3, -0.25) is 0 Å². The molecule has 0 aliphatic heterocycles. The van der Waals surface area contributed by atoms with Crippen LogP contribution in [0.2, 0.25) is 0 Å². The molecule has 12 aromatic rings. The molecule has 3 heterocycles. The summed E-state index contributed by atoms with van der Waals surface area (Å²) < 4.78 is 312. The van der Waals surface area contributed by atoms with Gasteiger partial charge < -0.3 is 13.7 Å². The van der Waals surface area contributed by atoms with Gasteiger partial charge in [-0.15, -0.1) is 11.3 Å². The zero-order valence-corrected chi connectivity index (χ0v) is 29.5. The predicted octanol–water partition coefficient (Wildman–Crippen LogP) is 16.3. The van der Waals surface area contributed by atoms with E-state index in [9.17, 15) is 19.2 Å². The Morgan fingerprint density at radius 1 is 0.397 bits per heavy atom. The number of fused-ring (bicyclic) bond motifs is 9. The Morgan fingerprint density at radius 3 is 1.81 bits per heavy atom. The zero-order valence-electron chi connectivity index (χ0n) is 61.7. The maximum Gasteiger partial charge on any atom is 0.145 e. The summed E-state index contributed by atoms with van der Waals surface area (Å²) in [5, 5.41) is -3.17. The molecule has 4 heteroatoms. The molecule has 0 atom stereocenters. The Kier molecular flexibility index (Phi) is 3.14. The van der Waals surface area contributed by atoms with Gasteiger partial charge in [-0.1, -0.05) is 139 Å². The van der Waals surface area contributed by atoms with Gasteiger partial charge in [0.25, 0.3) is 0 Å². The first-order valence-corrected chi connectivity index (χ1v) is 17.7. The third-order valence-electron chi connectivity index (χ3n) is 9.12. The van der Waals surface area contributed by atoms with Crippen molar-refractivity contribution in [3.8, 4) is 33.4 Å². The molecule has 0 amide bonds. The van der Waals surface area contributed by atoms with Crippen LogP contribution in [-0.2, 0) is 0 Å². The second-order valence-electron chi connectivity index (χ2n) is 12.3. The van der Waals surface area contributed by atoms with Crippen LogP contribution < -0.4 is 4.90 Å². The molecule has 0 aliphatic rings. The summed E-state index contributed by atoms with van der Waals surface area (Å²) in [6, 6.07) is -32.5. The van der Waals surface area contributed by atoms with Crippen molar-refractivity contribution in [1.29, 1.82) is 0 Å². The molecule has 0 radical (unpaired) electrons. The topological polar surface area (TPSA) is 29.5 Å². The fraction of sp³-hybridized carbons (Fsp3) is 0. The van der Waals surface area contributed by atoms with Crippen molar-refractivity contribution < 1.29 is 54.1 Å². The third kappa shape index (κ3) is 5.12. The highest BCUT2D eigenvalue weighted by molar-refractivity contribution is 7.26. The van der Waals surface area contributed by atoms with E-state index in [1.807, 2.05) is 0 Å². The third-order valence-corrected chi connectivity index (χ3v) is 10.2. The molecule has 272 valence electrons. The fourth-order valence-corrected chi connectivity index (χ4v) is 7.71. The molecular formula is C54H33NO2S. The van der Waals surface area contributed by atoms with Crippen LogP contribution in [0.1, 0.15) is 45.2 Å². The lowest BCUT2D eigenvalue weighted by atomic mass is 9.96. The molecule has 12 rings (SSSR count). The van der Waals surface area contributed by atoms with E-state index in [2.05, 4.69) is 0 Å². The van der Waals surface area contributed by atoms with Crippen LogP contribution >= 0.6 is 11.3 Å². The number of anilines is 3. The van der Waals surface area contributed by atoms with E-state index >= 15 is 0 Å². The van der Waals surface area contributed by atoms with Gasteiger partial charge in [0.15, 0.2) is 0 Å². The fourth-order valence-electron chi connectivity index (χ4n) is 6.64. The van der Waals surface area contributed by atoms with E-state index in [1.54, 1.807) is 0 Å². The van der Waals surface area contributed by atoms with Crippen molar-refractivity contribution in [3.05, 3.63) is 199 Å². The van der Waals surface area contributed by atoms with Gasteiger partial charge in [0.2, 0.25) is 0 Å². The van der Waals surface area contributed by atoms with Gasteiger partial charge in [-0.05, 0) is 82.7 Å².